The van der Waals surface area contributed by atoms with E-state index in [-0.39, 0.29) is 0 Å². The van der Waals surface area contributed by atoms with Crippen molar-refractivity contribution in [2.45, 2.75) is 12.8 Å². The average molecular weight is 196 g/mol. The summed E-state index contributed by atoms with van der Waals surface area (Å²) in [6.07, 6.45) is 10.6. The molecule has 0 fully saturated rings. The van der Waals surface area contributed by atoms with Crippen molar-refractivity contribution in [3.8, 4) is 0 Å². The molecule has 0 atom stereocenters. The van der Waals surface area contributed by atoms with Crippen molar-refractivity contribution in [1.82, 2.24) is 0 Å². The Kier molecular flexibility index (Phi) is 1.95. The number of fused-ring (bicyclic) bond motifs is 3. The summed E-state index contributed by atoms with van der Waals surface area (Å²) in [5.41, 5.74) is 2.29. The fraction of sp³-hybridized carbons (Fsp3) is 0.143. The summed E-state index contributed by atoms with van der Waals surface area (Å²) in [5.74, 6) is 1.01. The molecule has 0 saturated carbocycles. The van der Waals surface area contributed by atoms with Crippen molar-refractivity contribution in [3.63, 3.8) is 0 Å². The van der Waals surface area contributed by atoms with E-state index in [0.717, 1.165) is 24.2 Å². The highest BCUT2D eigenvalue weighted by Crippen LogP contribution is 2.28. The van der Waals surface area contributed by atoms with Gasteiger partial charge in [-0.25, -0.2) is 0 Å². The predicted molar refractivity (Wildman–Crippen MR) is 62.7 cm³/mol. The Morgan fingerprint density at radius 3 is 2.93 bits per heavy atom. The van der Waals surface area contributed by atoms with Crippen LogP contribution in [0.25, 0.3) is 17.0 Å². The standard InChI is InChI=1S/C14H12O/c1-2-4-9-13-11(7-3-1)12-8-5-6-10-14(12)15-13/h1,3-6,8-10H,2,7H2/b3-1-,9-4-. The first-order valence-electron chi connectivity index (χ1n) is 5.27. The van der Waals surface area contributed by atoms with E-state index in [1.807, 2.05) is 12.1 Å². The number of para-hydroxylation sites is 1. The third-order valence-electron chi connectivity index (χ3n) is 2.76. The summed E-state index contributed by atoms with van der Waals surface area (Å²) in [4.78, 5) is 0. The number of hydrogen-bond donors (Lipinski definition) is 0. The van der Waals surface area contributed by atoms with Crippen molar-refractivity contribution in [2.24, 2.45) is 0 Å². The zero-order valence-corrected chi connectivity index (χ0v) is 8.44. The Labute approximate surface area is 88.7 Å². The molecule has 0 N–H and O–H groups in total. The minimum absolute atomic E-state index is 0.969. The lowest BCUT2D eigenvalue weighted by atomic mass is 10.0. The van der Waals surface area contributed by atoms with Crippen LogP contribution in [-0.4, -0.2) is 0 Å². The van der Waals surface area contributed by atoms with Crippen molar-refractivity contribution in [1.29, 1.82) is 0 Å². The highest BCUT2D eigenvalue weighted by Gasteiger charge is 2.10. The van der Waals surface area contributed by atoms with Crippen LogP contribution >= 0.6 is 0 Å². The van der Waals surface area contributed by atoms with Gasteiger partial charge in [-0.15, -0.1) is 0 Å². The first-order chi connectivity index (χ1) is 7.45. The first-order valence-corrected chi connectivity index (χ1v) is 5.27. The number of hydrogen-bond acceptors (Lipinski definition) is 1. The number of rotatable bonds is 0. The van der Waals surface area contributed by atoms with Gasteiger partial charge >= 0.3 is 0 Å². The molecule has 3 rings (SSSR count). The van der Waals surface area contributed by atoms with Crippen LogP contribution in [0.5, 0.6) is 0 Å². The van der Waals surface area contributed by atoms with E-state index in [1.165, 1.54) is 10.9 Å². The lowest BCUT2D eigenvalue weighted by molar-refractivity contribution is 0.599. The fourth-order valence-corrected chi connectivity index (χ4v) is 2.01. The molecular formula is C14H12O. The van der Waals surface area contributed by atoms with Crippen LogP contribution in [0.1, 0.15) is 17.7 Å². The second-order valence-electron chi connectivity index (χ2n) is 3.75. The number of allylic oxidation sites excluding steroid dienone is 3. The van der Waals surface area contributed by atoms with Crippen LogP contribution in [0.15, 0.2) is 46.9 Å². The van der Waals surface area contributed by atoms with E-state index in [4.69, 9.17) is 4.42 Å². The molecule has 15 heavy (non-hydrogen) atoms. The van der Waals surface area contributed by atoms with Crippen molar-refractivity contribution in [3.05, 3.63) is 53.8 Å². The number of furan rings is 1. The minimum atomic E-state index is 0.969. The van der Waals surface area contributed by atoms with Gasteiger partial charge in [-0.05, 0) is 25.0 Å². The van der Waals surface area contributed by atoms with E-state index in [0.29, 0.717) is 0 Å². The molecule has 1 heterocycles. The first kappa shape index (κ1) is 8.54. The Bertz CT molecular complexity index is 543. The fourth-order valence-electron chi connectivity index (χ4n) is 2.01. The quantitative estimate of drug-likeness (QED) is 0.581. The molecule has 0 spiro atoms. The van der Waals surface area contributed by atoms with Gasteiger partial charge < -0.3 is 4.42 Å². The molecule has 0 amide bonds. The zero-order valence-electron chi connectivity index (χ0n) is 8.44. The summed E-state index contributed by atoms with van der Waals surface area (Å²) in [6, 6.07) is 8.22. The van der Waals surface area contributed by atoms with Gasteiger partial charge in [0.1, 0.15) is 11.3 Å². The van der Waals surface area contributed by atoms with E-state index in [1.54, 1.807) is 0 Å². The van der Waals surface area contributed by atoms with E-state index >= 15 is 0 Å². The van der Waals surface area contributed by atoms with Crippen LogP contribution < -0.4 is 0 Å². The Hall–Kier alpha value is -1.76. The van der Waals surface area contributed by atoms with Gasteiger partial charge in [0, 0.05) is 10.9 Å². The van der Waals surface area contributed by atoms with Crippen molar-refractivity contribution in [2.75, 3.05) is 0 Å². The van der Waals surface area contributed by atoms with Crippen LogP contribution in [-0.2, 0) is 6.42 Å². The monoisotopic (exact) mass is 196 g/mol. The normalized spacial score (nSPS) is 19.2. The van der Waals surface area contributed by atoms with Crippen LogP contribution in [0.4, 0.5) is 0 Å². The molecule has 0 saturated heterocycles. The van der Waals surface area contributed by atoms with Gasteiger partial charge in [-0.2, -0.15) is 0 Å². The molecule has 1 heteroatoms. The lowest BCUT2D eigenvalue weighted by Crippen LogP contribution is -1.84. The van der Waals surface area contributed by atoms with Gasteiger partial charge in [0.25, 0.3) is 0 Å². The largest absolute Gasteiger partial charge is 0.456 e. The third-order valence-corrected chi connectivity index (χ3v) is 2.76. The summed E-state index contributed by atoms with van der Waals surface area (Å²) in [7, 11) is 0. The molecule has 1 aromatic heterocycles. The highest BCUT2D eigenvalue weighted by atomic mass is 16.3. The maximum absolute atomic E-state index is 5.81. The molecule has 0 unspecified atom stereocenters. The van der Waals surface area contributed by atoms with Gasteiger partial charge in [0.2, 0.25) is 0 Å². The summed E-state index contributed by atoms with van der Waals surface area (Å²) in [6.45, 7) is 0. The zero-order chi connectivity index (χ0) is 10.1. The SMILES string of the molecule is C1=C\Cc2c(oc3ccccc23)/C=C\C/1. The summed E-state index contributed by atoms with van der Waals surface area (Å²) in [5, 5.41) is 1.24. The summed E-state index contributed by atoms with van der Waals surface area (Å²) < 4.78 is 5.81. The minimum Gasteiger partial charge on any atom is -0.456 e. The topological polar surface area (TPSA) is 13.1 Å². The summed E-state index contributed by atoms with van der Waals surface area (Å²) >= 11 is 0. The Morgan fingerprint density at radius 1 is 1.00 bits per heavy atom. The molecule has 74 valence electrons. The lowest BCUT2D eigenvalue weighted by Gasteiger charge is -1.97. The average Bonchev–Trinajstić information content (AvgIpc) is 2.55. The third kappa shape index (κ3) is 1.40. The van der Waals surface area contributed by atoms with Crippen LogP contribution in [0, 0.1) is 0 Å². The van der Waals surface area contributed by atoms with Gasteiger partial charge in [0.15, 0.2) is 0 Å². The smallest absolute Gasteiger partial charge is 0.135 e. The molecule has 0 bridgehead atoms. The van der Waals surface area contributed by atoms with Gasteiger partial charge in [-0.1, -0.05) is 36.4 Å². The second-order valence-corrected chi connectivity index (χ2v) is 3.75. The molecular weight excluding hydrogens is 184 g/mol. The maximum atomic E-state index is 5.81. The molecule has 2 aromatic rings. The molecule has 0 radical (unpaired) electrons. The highest BCUT2D eigenvalue weighted by molar-refractivity contribution is 5.84. The Morgan fingerprint density at radius 2 is 1.93 bits per heavy atom. The molecule has 1 aliphatic rings. The van der Waals surface area contributed by atoms with Gasteiger partial charge in [0.05, 0.1) is 0 Å². The predicted octanol–water partition coefficient (Wildman–Crippen LogP) is 3.95. The van der Waals surface area contributed by atoms with Crippen LogP contribution in [0.2, 0.25) is 0 Å². The Balaban J connectivity index is 2.30. The second kappa shape index (κ2) is 3.43. The van der Waals surface area contributed by atoms with Gasteiger partial charge in [-0.3, -0.25) is 0 Å². The molecule has 1 aromatic carbocycles. The van der Waals surface area contributed by atoms with E-state index < -0.39 is 0 Å². The maximum Gasteiger partial charge on any atom is 0.135 e. The van der Waals surface area contributed by atoms with Crippen molar-refractivity contribution >= 4 is 17.0 Å². The van der Waals surface area contributed by atoms with E-state index in [2.05, 4.69) is 36.4 Å². The molecule has 1 nitrogen and oxygen atoms in total. The molecule has 0 aliphatic heterocycles. The van der Waals surface area contributed by atoms with E-state index in [9.17, 15) is 0 Å². The van der Waals surface area contributed by atoms with Crippen molar-refractivity contribution < 1.29 is 4.42 Å². The number of benzene rings is 1. The van der Waals surface area contributed by atoms with Crippen LogP contribution in [0.3, 0.4) is 0 Å². The molecule has 1 aliphatic carbocycles.